The van der Waals surface area contributed by atoms with Crippen LogP contribution >= 0.6 is 11.6 Å². The SMILES string of the molecule is COc1cc(CON)cc(Cl)c1OC1CCCC1. The van der Waals surface area contributed by atoms with Gasteiger partial charge in [-0.3, -0.25) is 4.84 Å². The number of hydrogen-bond donors (Lipinski definition) is 1. The van der Waals surface area contributed by atoms with Crippen LogP contribution in [-0.4, -0.2) is 13.2 Å². The van der Waals surface area contributed by atoms with Gasteiger partial charge in [0.15, 0.2) is 11.5 Å². The Bertz CT molecular complexity index is 405. The molecule has 0 unspecified atom stereocenters. The highest BCUT2D eigenvalue weighted by atomic mass is 35.5. The van der Waals surface area contributed by atoms with Crippen molar-refractivity contribution in [3.63, 3.8) is 0 Å². The molecule has 100 valence electrons. The number of ether oxygens (including phenoxy) is 2. The Morgan fingerprint density at radius 1 is 1.33 bits per heavy atom. The quantitative estimate of drug-likeness (QED) is 0.837. The van der Waals surface area contributed by atoms with Crippen molar-refractivity contribution in [2.24, 2.45) is 5.90 Å². The molecule has 1 fully saturated rings. The molecule has 0 spiro atoms. The monoisotopic (exact) mass is 271 g/mol. The zero-order valence-corrected chi connectivity index (χ0v) is 11.2. The van der Waals surface area contributed by atoms with Gasteiger partial charge >= 0.3 is 0 Å². The molecule has 0 atom stereocenters. The normalized spacial score (nSPS) is 15.9. The van der Waals surface area contributed by atoms with E-state index in [1.54, 1.807) is 13.2 Å². The molecule has 2 N–H and O–H groups in total. The summed E-state index contributed by atoms with van der Waals surface area (Å²) < 4.78 is 11.2. The molecule has 1 aromatic carbocycles. The minimum absolute atomic E-state index is 0.244. The molecule has 2 rings (SSSR count). The van der Waals surface area contributed by atoms with Crippen LogP contribution in [0.15, 0.2) is 12.1 Å². The summed E-state index contributed by atoms with van der Waals surface area (Å²) in [5.74, 6) is 6.30. The Labute approximate surface area is 112 Å². The van der Waals surface area contributed by atoms with Crippen LogP contribution in [0, 0.1) is 0 Å². The predicted octanol–water partition coefficient (Wildman–Crippen LogP) is 3.06. The maximum absolute atomic E-state index is 6.23. The fourth-order valence-electron chi connectivity index (χ4n) is 2.24. The summed E-state index contributed by atoms with van der Waals surface area (Å²) in [4.78, 5) is 4.60. The van der Waals surface area contributed by atoms with Gasteiger partial charge in [0.1, 0.15) is 0 Å². The zero-order chi connectivity index (χ0) is 13.0. The van der Waals surface area contributed by atoms with Crippen LogP contribution in [0.5, 0.6) is 11.5 Å². The highest BCUT2D eigenvalue weighted by Gasteiger charge is 2.20. The molecule has 0 aliphatic heterocycles. The zero-order valence-electron chi connectivity index (χ0n) is 10.4. The molecule has 0 bridgehead atoms. The van der Waals surface area contributed by atoms with Crippen LogP contribution in [0.25, 0.3) is 0 Å². The van der Waals surface area contributed by atoms with E-state index in [4.69, 9.17) is 27.0 Å². The van der Waals surface area contributed by atoms with Crippen LogP contribution < -0.4 is 15.4 Å². The fourth-order valence-corrected chi connectivity index (χ4v) is 2.52. The molecular weight excluding hydrogens is 254 g/mol. The van der Waals surface area contributed by atoms with Crippen LogP contribution in [-0.2, 0) is 11.4 Å². The fraction of sp³-hybridized carbons (Fsp3) is 0.538. The highest BCUT2D eigenvalue weighted by molar-refractivity contribution is 6.32. The Morgan fingerprint density at radius 2 is 2.06 bits per heavy atom. The van der Waals surface area contributed by atoms with Crippen molar-refractivity contribution >= 4 is 11.6 Å². The number of nitrogens with two attached hydrogens (primary N) is 1. The van der Waals surface area contributed by atoms with Gasteiger partial charge in [0.25, 0.3) is 0 Å². The molecule has 1 saturated carbocycles. The van der Waals surface area contributed by atoms with E-state index in [0.29, 0.717) is 23.1 Å². The lowest BCUT2D eigenvalue weighted by Crippen LogP contribution is -2.12. The standard InChI is InChI=1S/C13H18ClNO3/c1-16-12-7-9(8-17-15)6-11(14)13(12)18-10-4-2-3-5-10/h6-7,10H,2-5,8,15H2,1H3. The van der Waals surface area contributed by atoms with E-state index in [9.17, 15) is 0 Å². The molecule has 4 nitrogen and oxygen atoms in total. The number of rotatable bonds is 5. The lowest BCUT2D eigenvalue weighted by Gasteiger charge is -2.18. The molecule has 0 amide bonds. The summed E-state index contributed by atoms with van der Waals surface area (Å²) in [6.07, 6.45) is 4.82. The summed E-state index contributed by atoms with van der Waals surface area (Å²) in [7, 11) is 1.60. The maximum atomic E-state index is 6.23. The van der Waals surface area contributed by atoms with Gasteiger partial charge < -0.3 is 9.47 Å². The third-order valence-corrected chi connectivity index (χ3v) is 3.41. The van der Waals surface area contributed by atoms with Gasteiger partial charge in [-0.25, -0.2) is 5.90 Å². The number of methoxy groups -OCH3 is 1. The van der Waals surface area contributed by atoms with E-state index in [-0.39, 0.29) is 6.10 Å². The van der Waals surface area contributed by atoms with Crippen LogP contribution in [0.2, 0.25) is 5.02 Å². The Balaban J connectivity index is 2.21. The summed E-state index contributed by atoms with van der Waals surface area (Å²) in [6, 6.07) is 3.63. The van der Waals surface area contributed by atoms with E-state index >= 15 is 0 Å². The Kier molecular flexibility index (Phi) is 4.69. The second-order valence-corrected chi connectivity index (χ2v) is 4.85. The van der Waals surface area contributed by atoms with E-state index in [1.165, 1.54) is 12.8 Å². The molecule has 0 aromatic heterocycles. The number of halogens is 1. The molecule has 0 radical (unpaired) electrons. The van der Waals surface area contributed by atoms with E-state index in [1.807, 2.05) is 6.07 Å². The third-order valence-electron chi connectivity index (χ3n) is 3.13. The van der Waals surface area contributed by atoms with Crippen molar-refractivity contribution in [2.75, 3.05) is 7.11 Å². The van der Waals surface area contributed by atoms with Crippen molar-refractivity contribution in [1.82, 2.24) is 0 Å². The summed E-state index contributed by atoms with van der Waals surface area (Å²) >= 11 is 6.23. The van der Waals surface area contributed by atoms with Crippen molar-refractivity contribution < 1.29 is 14.3 Å². The molecule has 0 saturated heterocycles. The summed E-state index contributed by atoms with van der Waals surface area (Å²) in [5, 5.41) is 0.535. The lowest BCUT2D eigenvalue weighted by atomic mass is 10.2. The third kappa shape index (κ3) is 3.07. The molecule has 1 aromatic rings. The van der Waals surface area contributed by atoms with Gasteiger partial charge in [-0.15, -0.1) is 0 Å². The smallest absolute Gasteiger partial charge is 0.180 e. The van der Waals surface area contributed by atoms with Crippen LogP contribution in [0.1, 0.15) is 31.2 Å². The van der Waals surface area contributed by atoms with E-state index < -0.39 is 0 Å². The second-order valence-electron chi connectivity index (χ2n) is 4.44. The molecule has 1 aliphatic rings. The van der Waals surface area contributed by atoms with Gasteiger partial charge in [0.2, 0.25) is 0 Å². The first-order valence-corrected chi connectivity index (χ1v) is 6.47. The average Bonchev–Trinajstić information content (AvgIpc) is 2.85. The minimum Gasteiger partial charge on any atom is -0.493 e. The molecular formula is C13H18ClNO3. The Morgan fingerprint density at radius 3 is 2.67 bits per heavy atom. The van der Waals surface area contributed by atoms with Crippen LogP contribution in [0.4, 0.5) is 0 Å². The molecule has 18 heavy (non-hydrogen) atoms. The summed E-state index contributed by atoms with van der Waals surface area (Å²) in [6.45, 7) is 0.291. The van der Waals surface area contributed by atoms with E-state index in [0.717, 1.165) is 18.4 Å². The maximum Gasteiger partial charge on any atom is 0.180 e. The van der Waals surface area contributed by atoms with Gasteiger partial charge in [-0.2, -0.15) is 0 Å². The first kappa shape index (κ1) is 13.5. The topological polar surface area (TPSA) is 53.7 Å². The molecule has 0 heterocycles. The second kappa shape index (κ2) is 6.27. The van der Waals surface area contributed by atoms with Crippen molar-refractivity contribution in [3.8, 4) is 11.5 Å². The lowest BCUT2D eigenvalue weighted by molar-refractivity contribution is 0.123. The Hall–Kier alpha value is -0.970. The largest absolute Gasteiger partial charge is 0.493 e. The molecule has 5 heteroatoms. The number of benzene rings is 1. The minimum atomic E-state index is 0.244. The van der Waals surface area contributed by atoms with Gasteiger partial charge in [0.05, 0.1) is 24.8 Å². The predicted molar refractivity (Wildman–Crippen MR) is 69.9 cm³/mol. The number of hydrogen-bond acceptors (Lipinski definition) is 4. The van der Waals surface area contributed by atoms with Crippen molar-refractivity contribution in [1.29, 1.82) is 0 Å². The van der Waals surface area contributed by atoms with Crippen LogP contribution in [0.3, 0.4) is 0 Å². The van der Waals surface area contributed by atoms with Crippen molar-refractivity contribution in [2.45, 2.75) is 38.4 Å². The first-order chi connectivity index (χ1) is 8.74. The van der Waals surface area contributed by atoms with Gasteiger partial charge in [-0.1, -0.05) is 11.6 Å². The summed E-state index contributed by atoms with van der Waals surface area (Å²) in [5.41, 5.74) is 0.859. The molecule has 1 aliphatic carbocycles. The highest BCUT2D eigenvalue weighted by Crippen LogP contribution is 2.39. The first-order valence-electron chi connectivity index (χ1n) is 6.09. The average molecular weight is 272 g/mol. The van der Waals surface area contributed by atoms with Crippen molar-refractivity contribution in [3.05, 3.63) is 22.7 Å². The van der Waals surface area contributed by atoms with E-state index in [2.05, 4.69) is 4.84 Å². The van der Waals surface area contributed by atoms with Gasteiger partial charge in [-0.05, 0) is 43.4 Å². The van der Waals surface area contributed by atoms with Gasteiger partial charge in [0, 0.05) is 0 Å².